The molecule has 9 nitrogen and oxygen atoms in total. The van der Waals surface area contributed by atoms with Gasteiger partial charge >= 0.3 is 11.8 Å². The van der Waals surface area contributed by atoms with E-state index in [1.165, 1.54) is 6.21 Å². The van der Waals surface area contributed by atoms with Gasteiger partial charge in [-0.3, -0.25) is 14.4 Å². The minimum Gasteiger partial charge on any atom is -0.483 e. The van der Waals surface area contributed by atoms with E-state index in [1.54, 1.807) is 18.2 Å². The van der Waals surface area contributed by atoms with Gasteiger partial charge < -0.3 is 20.1 Å². The molecule has 0 radical (unpaired) electrons. The maximum absolute atomic E-state index is 12.3. The molecule has 3 N–H and O–H groups in total. The summed E-state index contributed by atoms with van der Waals surface area (Å²) >= 11 is 3.37. The zero-order valence-electron chi connectivity index (χ0n) is 18.1. The molecule has 0 spiro atoms. The Morgan fingerprint density at radius 2 is 2.03 bits per heavy atom. The van der Waals surface area contributed by atoms with Crippen LogP contribution < -0.4 is 20.8 Å². The van der Waals surface area contributed by atoms with Gasteiger partial charge in [0.15, 0.2) is 6.61 Å². The van der Waals surface area contributed by atoms with Crippen LogP contribution in [0.1, 0.15) is 24.0 Å². The molecule has 33 heavy (non-hydrogen) atoms. The highest BCUT2D eigenvalue weighted by Crippen LogP contribution is 2.22. The lowest BCUT2D eigenvalue weighted by atomic mass is 10.2. The number of para-hydroxylation sites is 1. The standard InChI is InChI=1S/C23H25BrN4O5/c1-15-5-2-3-7-19(15)27-21(29)14-33-20-9-8-17(24)11-16(20)12-26-28-23(31)22(30)25-13-18-6-4-10-32-18/h2-3,5,7-9,11-12,18H,4,6,10,13-14H2,1H3,(H,25,30)(H,27,29)(H,28,31)/b26-12-/t18-/m1/s1. The number of carbonyl (C=O) groups excluding carboxylic acids is 3. The number of hydrazone groups is 1. The number of halogens is 1. The number of aryl methyl sites for hydroxylation is 1. The van der Waals surface area contributed by atoms with Crippen molar-refractivity contribution in [1.29, 1.82) is 0 Å². The Balaban J connectivity index is 1.52. The molecular weight excluding hydrogens is 492 g/mol. The summed E-state index contributed by atoms with van der Waals surface area (Å²) in [6, 6.07) is 12.6. The van der Waals surface area contributed by atoms with Gasteiger partial charge in [0.25, 0.3) is 5.91 Å². The second-order valence-electron chi connectivity index (χ2n) is 7.38. The molecule has 3 rings (SSSR count). The molecular formula is C23H25BrN4O5. The van der Waals surface area contributed by atoms with Crippen molar-refractivity contribution >= 4 is 45.6 Å². The van der Waals surface area contributed by atoms with E-state index in [-0.39, 0.29) is 25.2 Å². The fourth-order valence-corrected chi connectivity index (χ4v) is 3.48. The van der Waals surface area contributed by atoms with Crippen molar-refractivity contribution < 1.29 is 23.9 Å². The Labute approximate surface area is 200 Å². The largest absolute Gasteiger partial charge is 0.483 e. The third-order valence-corrected chi connectivity index (χ3v) is 5.33. The minimum atomic E-state index is -0.890. The molecule has 174 valence electrons. The van der Waals surface area contributed by atoms with Gasteiger partial charge in [-0.2, -0.15) is 5.10 Å². The van der Waals surface area contributed by atoms with E-state index in [2.05, 4.69) is 37.1 Å². The molecule has 3 amide bonds. The summed E-state index contributed by atoms with van der Waals surface area (Å²) in [5.74, 6) is -1.61. The number of nitrogens with zero attached hydrogens (tertiary/aromatic N) is 1. The molecule has 1 atom stereocenters. The Morgan fingerprint density at radius 1 is 1.21 bits per heavy atom. The summed E-state index contributed by atoms with van der Waals surface area (Å²) in [4.78, 5) is 36.1. The van der Waals surface area contributed by atoms with Crippen molar-refractivity contribution in [2.75, 3.05) is 25.1 Å². The number of benzene rings is 2. The Kier molecular flexibility index (Phi) is 8.96. The van der Waals surface area contributed by atoms with Crippen molar-refractivity contribution in [3.8, 4) is 5.75 Å². The van der Waals surface area contributed by atoms with Gasteiger partial charge in [0.1, 0.15) is 5.75 Å². The second kappa shape index (κ2) is 12.1. The molecule has 0 aromatic heterocycles. The number of hydrogen-bond donors (Lipinski definition) is 3. The topological polar surface area (TPSA) is 118 Å². The van der Waals surface area contributed by atoms with E-state index < -0.39 is 11.8 Å². The second-order valence-corrected chi connectivity index (χ2v) is 8.29. The van der Waals surface area contributed by atoms with Crippen LogP contribution in [0.5, 0.6) is 5.75 Å². The fraction of sp³-hybridized carbons (Fsp3) is 0.304. The number of carbonyl (C=O) groups is 3. The maximum atomic E-state index is 12.3. The molecule has 0 saturated carbocycles. The quantitative estimate of drug-likeness (QED) is 0.283. The number of amides is 3. The molecule has 1 heterocycles. The van der Waals surface area contributed by atoms with E-state index in [4.69, 9.17) is 9.47 Å². The zero-order chi connectivity index (χ0) is 23.6. The lowest BCUT2D eigenvalue weighted by Gasteiger charge is -2.11. The molecule has 2 aromatic carbocycles. The average molecular weight is 517 g/mol. The predicted molar refractivity (Wildman–Crippen MR) is 127 cm³/mol. The van der Waals surface area contributed by atoms with Crippen LogP contribution in [0.25, 0.3) is 0 Å². The van der Waals surface area contributed by atoms with Crippen LogP contribution in [0.15, 0.2) is 52.0 Å². The molecule has 0 unspecified atom stereocenters. The summed E-state index contributed by atoms with van der Waals surface area (Å²) in [7, 11) is 0. The number of ether oxygens (including phenoxy) is 2. The van der Waals surface area contributed by atoms with E-state index >= 15 is 0 Å². The van der Waals surface area contributed by atoms with E-state index in [9.17, 15) is 14.4 Å². The Hall–Kier alpha value is -3.24. The van der Waals surface area contributed by atoms with Crippen LogP contribution >= 0.6 is 15.9 Å². The maximum Gasteiger partial charge on any atom is 0.329 e. The average Bonchev–Trinajstić information content (AvgIpc) is 3.32. The summed E-state index contributed by atoms with van der Waals surface area (Å²) in [5.41, 5.74) is 4.35. The first-order valence-electron chi connectivity index (χ1n) is 10.4. The predicted octanol–water partition coefficient (Wildman–Crippen LogP) is 2.52. The molecule has 0 aliphatic carbocycles. The molecule has 1 aliphatic rings. The molecule has 10 heteroatoms. The normalized spacial score (nSPS) is 15.3. The highest BCUT2D eigenvalue weighted by atomic mass is 79.9. The third kappa shape index (κ3) is 7.69. The van der Waals surface area contributed by atoms with Gasteiger partial charge in [0, 0.05) is 28.9 Å². The lowest BCUT2D eigenvalue weighted by molar-refractivity contribution is -0.139. The summed E-state index contributed by atoms with van der Waals surface area (Å²) in [6.45, 7) is 2.64. The van der Waals surface area contributed by atoms with Crippen molar-refractivity contribution in [2.24, 2.45) is 5.10 Å². The molecule has 1 saturated heterocycles. The van der Waals surface area contributed by atoms with Crippen molar-refractivity contribution in [2.45, 2.75) is 25.9 Å². The van der Waals surface area contributed by atoms with Gasteiger partial charge in [0.2, 0.25) is 0 Å². The summed E-state index contributed by atoms with van der Waals surface area (Å²) in [6.07, 6.45) is 3.08. The first kappa shape index (κ1) is 24.4. The van der Waals surface area contributed by atoms with Gasteiger partial charge in [-0.15, -0.1) is 0 Å². The highest BCUT2D eigenvalue weighted by molar-refractivity contribution is 9.10. The number of nitrogens with one attached hydrogen (secondary N) is 3. The summed E-state index contributed by atoms with van der Waals surface area (Å²) < 4.78 is 11.8. The van der Waals surface area contributed by atoms with Crippen LogP contribution in [0.2, 0.25) is 0 Å². The number of hydrogen-bond acceptors (Lipinski definition) is 6. The first-order valence-corrected chi connectivity index (χ1v) is 11.2. The van der Waals surface area contributed by atoms with Gasteiger partial charge in [-0.1, -0.05) is 34.1 Å². The molecule has 1 aliphatic heterocycles. The van der Waals surface area contributed by atoms with Gasteiger partial charge in [-0.25, -0.2) is 5.43 Å². The number of rotatable bonds is 8. The number of anilines is 1. The van der Waals surface area contributed by atoms with E-state index in [0.717, 1.165) is 22.9 Å². The van der Waals surface area contributed by atoms with Crippen molar-refractivity contribution in [3.63, 3.8) is 0 Å². The molecule has 2 aromatic rings. The lowest BCUT2D eigenvalue weighted by Crippen LogP contribution is -2.41. The third-order valence-electron chi connectivity index (χ3n) is 4.84. The Morgan fingerprint density at radius 3 is 2.79 bits per heavy atom. The van der Waals surface area contributed by atoms with Crippen LogP contribution in [0.4, 0.5) is 5.69 Å². The highest BCUT2D eigenvalue weighted by Gasteiger charge is 2.19. The molecule has 0 bridgehead atoms. The van der Waals surface area contributed by atoms with Crippen LogP contribution in [0, 0.1) is 6.92 Å². The van der Waals surface area contributed by atoms with Gasteiger partial charge in [-0.05, 0) is 49.6 Å². The molecule has 1 fully saturated rings. The zero-order valence-corrected chi connectivity index (χ0v) is 19.7. The van der Waals surface area contributed by atoms with Crippen LogP contribution in [-0.2, 0) is 19.1 Å². The van der Waals surface area contributed by atoms with Crippen LogP contribution in [-0.4, -0.2) is 49.8 Å². The minimum absolute atomic E-state index is 0.0605. The fourth-order valence-electron chi connectivity index (χ4n) is 3.10. The van der Waals surface area contributed by atoms with Crippen molar-refractivity contribution in [1.82, 2.24) is 10.7 Å². The van der Waals surface area contributed by atoms with Crippen molar-refractivity contribution in [3.05, 3.63) is 58.1 Å². The monoisotopic (exact) mass is 516 g/mol. The Bertz CT molecular complexity index is 1040. The first-order chi connectivity index (χ1) is 15.9. The SMILES string of the molecule is Cc1ccccc1NC(=O)COc1ccc(Br)cc1/C=N\NC(=O)C(=O)NC[C@H]1CCCO1. The smallest absolute Gasteiger partial charge is 0.329 e. The van der Waals surface area contributed by atoms with E-state index in [1.807, 2.05) is 31.2 Å². The van der Waals surface area contributed by atoms with Crippen LogP contribution in [0.3, 0.4) is 0 Å². The van der Waals surface area contributed by atoms with E-state index in [0.29, 0.717) is 23.6 Å². The van der Waals surface area contributed by atoms with Gasteiger partial charge in [0.05, 0.1) is 12.3 Å². The summed E-state index contributed by atoms with van der Waals surface area (Å²) in [5, 5.41) is 9.15.